The maximum Gasteiger partial charge on any atom is 0.338 e. The number of hydrogen-bond acceptors (Lipinski definition) is 4. The normalized spacial score (nSPS) is 10.1. The van der Waals surface area contributed by atoms with Gasteiger partial charge in [0.1, 0.15) is 11.6 Å². The third kappa shape index (κ3) is 3.51. The van der Waals surface area contributed by atoms with Gasteiger partial charge in [-0.1, -0.05) is 15.9 Å². The monoisotopic (exact) mass is 325 g/mol. The molecule has 0 unspecified atom stereocenters. The minimum atomic E-state index is -0.493. The highest BCUT2D eigenvalue weighted by Gasteiger charge is 2.08. The second kappa shape index (κ2) is 5.79. The Morgan fingerprint density at radius 3 is 2.79 bits per heavy atom. The highest BCUT2D eigenvalue weighted by Crippen LogP contribution is 2.25. The van der Waals surface area contributed by atoms with Crippen molar-refractivity contribution in [2.45, 2.75) is 0 Å². The molecule has 4 nitrogen and oxygen atoms in total. The highest BCUT2D eigenvalue weighted by molar-refractivity contribution is 9.10. The summed E-state index contributed by atoms with van der Waals surface area (Å²) in [6.45, 7) is 0. The summed E-state index contributed by atoms with van der Waals surface area (Å²) < 4.78 is 23.7. The molecule has 0 radical (unpaired) electrons. The van der Waals surface area contributed by atoms with Gasteiger partial charge in [0.05, 0.1) is 12.7 Å². The van der Waals surface area contributed by atoms with Crippen molar-refractivity contribution in [2.75, 3.05) is 7.11 Å². The molecule has 0 amide bonds. The average molecular weight is 326 g/mol. The van der Waals surface area contributed by atoms with E-state index in [1.807, 2.05) is 0 Å². The predicted molar refractivity (Wildman–Crippen MR) is 69.8 cm³/mol. The van der Waals surface area contributed by atoms with Crippen molar-refractivity contribution < 1.29 is 18.7 Å². The van der Waals surface area contributed by atoms with Crippen LogP contribution in [0.2, 0.25) is 0 Å². The van der Waals surface area contributed by atoms with E-state index in [0.29, 0.717) is 10.0 Å². The van der Waals surface area contributed by atoms with Crippen molar-refractivity contribution in [3.8, 4) is 11.6 Å². The molecule has 0 fully saturated rings. The van der Waals surface area contributed by atoms with E-state index in [9.17, 15) is 9.18 Å². The van der Waals surface area contributed by atoms with Crippen LogP contribution in [-0.4, -0.2) is 18.1 Å². The first-order valence-electron chi connectivity index (χ1n) is 5.27. The Morgan fingerprint density at radius 1 is 1.32 bits per heavy atom. The fraction of sp³-hybridized carbons (Fsp3) is 0.0769. The number of nitrogens with zero attached hydrogens (tertiary/aromatic N) is 1. The number of esters is 1. The molecule has 0 bridgehead atoms. The molecule has 0 atom stereocenters. The number of benzene rings is 1. The first kappa shape index (κ1) is 13.5. The van der Waals surface area contributed by atoms with E-state index in [4.69, 9.17) is 4.74 Å². The van der Waals surface area contributed by atoms with E-state index in [1.165, 1.54) is 37.6 Å². The van der Waals surface area contributed by atoms with Gasteiger partial charge < -0.3 is 9.47 Å². The molecule has 6 heteroatoms. The molecule has 0 aliphatic heterocycles. The molecule has 0 saturated heterocycles. The molecule has 1 heterocycles. The van der Waals surface area contributed by atoms with Gasteiger partial charge in [0.25, 0.3) is 0 Å². The zero-order chi connectivity index (χ0) is 13.8. The maximum atomic E-state index is 13.2. The quantitative estimate of drug-likeness (QED) is 0.809. The Kier molecular flexibility index (Phi) is 4.11. The van der Waals surface area contributed by atoms with Gasteiger partial charge in [-0.25, -0.2) is 14.2 Å². The summed E-state index contributed by atoms with van der Waals surface area (Å²) in [4.78, 5) is 15.3. The molecule has 0 spiro atoms. The second-order valence-electron chi connectivity index (χ2n) is 3.58. The summed E-state index contributed by atoms with van der Waals surface area (Å²) in [6.07, 6.45) is 1.41. The van der Waals surface area contributed by atoms with Crippen molar-refractivity contribution in [2.24, 2.45) is 0 Å². The molecular formula is C13H9BrFNO3. The van der Waals surface area contributed by atoms with Crippen LogP contribution in [0.15, 0.2) is 41.0 Å². The number of carbonyl (C=O) groups excluding carboxylic acids is 1. The Morgan fingerprint density at radius 2 is 2.11 bits per heavy atom. The van der Waals surface area contributed by atoms with Crippen molar-refractivity contribution >= 4 is 21.9 Å². The van der Waals surface area contributed by atoms with E-state index < -0.39 is 11.8 Å². The summed E-state index contributed by atoms with van der Waals surface area (Å²) >= 11 is 3.16. The van der Waals surface area contributed by atoms with Gasteiger partial charge in [-0.05, 0) is 18.2 Å². The third-order valence-corrected chi connectivity index (χ3v) is 2.67. The Bertz CT molecular complexity index is 598. The number of carbonyl (C=O) groups is 1. The molecule has 19 heavy (non-hydrogen) atoms. The first-order valence-corrected chi connectivity index (χ1v) is 6.06. The summed E-state index contributed by atoms with van der Waals surface area (Å²) in [5.74, 6) is -0.469. The number of halogens is 2. The summed E-state index contributed by atoms with van der Waals surface area (Å²) in [5.41, 5.74) is 0.308. The van der Waals surface area contributed by atoms with E-state index in [1.54, 1.807) is 6.07 Å². The lowest BCUT2D eigenvalue weighted by Gasteiger charge is -2.06. The molecule has 98 valence electrons. The molecule has 2 rings (SSSR count). The number of rotatable bonds is 3. The Hall–Kier alpha value is -1.95. The second-order valence-corrected chi connectivity index (χ2v) is 4.50. The van der Waals surface area contributed by atoms with Crippen LogP contribution in [0.4, 0.5) is 4.39 Å². The van der Waals surface area contributed by atoms with Gasteiger partial charge in [0.15, 0.2) is 0 Å². The molecule has 2 aromatic rings. The number of ether oxygens (including phenoxy) is 2. The van der Waals surface area contributed by atoms with Crippen LogP contribution in [-0.2, 0) is 4.74 Å². The van der Waals surface area contributed by atoms with E-state index in [0.717, 1.165) is 0 Å². The summed E-state index contributed by atoms with van der Waals surface area (Å²) in [7, 11) is 1.28. The molecule has 1 aromatic heterocycles. The predicted octanol–water partition coefficient (Wildman–Crippen LogP) is 3.56. The largest absolute Gasteiger partial charge is 0.465 e. The minimum Gasteiger partial charge on any atom is -0.465 e. The van der Waals surface area contributed by atoms with E-state index in [-0.39, 0.29) is 11.6 Å². The van der Waals surface area contributed by atoms with Crippen LogP contribution in [0, 0.1) is 5.82 Å². The SMILES string of the molecule is COC(=O)c1ccnc(Oc2cc(F)cc(Br)c2)c1. The maximum absolute atomic E-state index is 13.2. The van der Waals surface area contributed by atoms with Crippen LogP contribution in [0.1, 0.15) is 10.4 Å². The van der Waals surface area contributed by atoms with Gasteiger partial charge in [0.2, 0.25) is 5.88 Å². The first-order chi connectivity index (χ1) is 9.08. The van der Waals surface area contributed by atoms with Crippen LogP contribution in [0.3, 0.4) is 0 Å². The zero-order valence-electron chi connectivity index (χ0n) is 9.89. The molecule has 0 saturated carbocycles. The fourth-order valence-electron chi connectivity index (χ4n) is 1.42. The molecule has 0 N–H and O–H groups in total. The lowest BCUT2D eigenvalue weighted by molar-refractivity contribution is 0.0600. The van der Waals surface area contributed by atoms with Crippen LogP contribution >= 0.6 is 15.9 Å². The van der Waals surface area contributed by atoms with Gasteiger partial charge in [-0.2, -0.15) is 0 Å². The van der Waals surface area contributed by atoms with Gasteiger partial charge in [0, 0.05) is 22.8 Å². The topological polar surface area (TPSA) is 48.4 Å². The van der Waals surface area contributed by atoms with Gasteiger partial charge in [-0.3, -0.25) is 0 Å². The molecule has 1 aromatic carbocycles. The molecule has 0 aliphatic carbocycles. The summed E-state index contributed by atoms with van der Waals surface area (Å²) in [5, 5.41) is 0. The van der Waals surface area contributed by atoms with E-state index in [2.05, 4.69) is 25.7 Å². The van der Waals surface area contributed by atoms with Crippen LogP contribution in [0.5, 0.6) is 11.6 Å². The highest BCUT2D eigenvalue weighted by atomic mass is 79.9. The smallest absolute Gasteiger partial charge is 0.338 e. The van der Waals surface area contributed by atoms with Gasteiger partial charge in [-0.15, -0.1) is 0 Å². The van der Waals surface area contributed by atoms with Gasteiger partial charge >= 0.3 is 5.97 Å². The van der Waals surface area contributed by atoms with Crippen molar-refractivity contribution in [3.05, 3.63) is 52.4 Å². The number of methoxy groups -OCH3 is 1. The van der Waals surface area contributed by atoms with Crippen molar-refractivity contribution in [1.29, 1.82) is 0 Å². The molecule has 0 aliphatic rings. The van der Waals surface area contributed by atoms with E-state index >= 15 is 0 Å². The number of pyridine rings is 1. The lowest BCUT2D eigenvalue weighted by Crippen LogP contribution is -2.01. The number of aromatic nitrogens is 1. The number of hydrogen-bond donors (Lipinski definition) is 0. The standard InChI is InChI=1S/C13H9BrFNO3/c1-18-13(17)8-2-3-16-12(4-8)19-11-6-9(14)5-10(15)7-11/h2-7H,1H3. The zero-order valence-corrected chi connectivity index (χ0v) is 11.5. The van der Waals surface area contributed by atoms with Crippen LogP contribution in [0.25, 0.3) is 0 Å². The lowest BCUT2D eigenvalue weighted by atomic mass is 10.3. The third-order valence-electron chi connectivity index (χ3n) is 2.21. The Labute approximate surface area is 117 Å². The van der Waals surface area contributed by atoms with Crippen molar-refractivity contribution in [1.82, 2.24) is 4.98 Å². The minimum absolute atomic E-state index is 0.181. The fourth-order valence-corrected chi connectivity index (χ4v) is 1.86. The molecular weight excluding hydrogens is 317 g/mol. The Balaban J connectivity index is 2.25. The average Bonchev–Trinajstić information content (AvgIpc) is 2.37. The van der Waals surface area contributed by atoms with Crippen LogP contribution < -0.4 is 4.74 Å². The summed E-state index contributed by atoms with van der Waals surface area (Å²) in [6, 6.07) is 7.04. The van der Waals surface area contributed by atoms with Crippen molar-refractivity contribution in [3.63, 3.8) is 0 Å².